The molecule has 0 amide bonds. The fraction of sp³-hybridized carbons (Fsp3) is 0.200. The van der Waals surface area contributed by atoms with Gasteiger partial charge in [0.2, 0.25) is 0 Å². The van der Waals surface area contributed by atoms with E-state index >= 15 is 0 Å². The third-order valence-electron chi connectivity index (χ3n) is 0.881. The Balaban J connectivity index is 3.04. The van der Waals surface area contributed by atoms with Gasteiger partial charge < -0.3 is 0 Å². The quantitative estimate of drug-likeness (QED) is 0.687. The number of thiophene rings is 1. The van der Waals surface area contributed by atoms with Crippen LogP contribution in [0.2, 0.25) is 0 Å². The van der Waals surface area contributed by atoms with E-state index in [4.69, 9.17) is 0 Å². The number of alkyl halides is 1. The van der Waals surface area contributed by atoms with E-state index in [1.807, 2.05) is 0 Å². The molecule has 0 spiro atoms. The van der Waals surface area contributed by atoms with E-state index in [1.54, 1.807) is 5.38 Å². The second kappa shape index (κ2) is 3.12. The summed E-state index contributed by atoms with van der Waals surface area (Å²) in [5.74, 6) is -0.142. The minimum absolute atomic E-state index is 0.142. The molecule has 0 nitrogen and oxygen atoms in total. The first-order valence-electron chi connectivity index (χ1n) is 2.23. The number of hydrogen-bond acceptors (Lipinski definition) is 1. The molecule has 0 saturated carbocycles. The van der Waals surface area contributed by atoms with Crippen LogP contribution in [0, 0.1) is 5.82 Å². The van der Waals surface area contributed by atoms with E-state index in [2.05, 4.69) is 31.9 Å². The van der Waals surface area contributed by atoms with E-state index in [1.165, 1.54) is 11.3 Å². The second-order valence-corrected chi connectivity index (χ2v) is 3.83. The molecule has 0 N–H and O–H groups in total. The fourth-order valence-corrected chi connectivity index (χ4v) is 2.37. The lowest BCUT2D eigenvalue weighted by atomic mass is 10.5. The monoisotopic (exact) mass is 272 g/mol. The van der Waals surface area contributed by atoms with E-state index in [0.29, 0.717) is 9.80 Å². The van der Waals surface area contributed by atoms with Crippen molar-refractivity contribution in [3.63, 3.8) is 0 Å². The van der Waals surface area contributed by atoms with Gasteiger partial charge in [-0.25, -0.2) is 4.39 Å². The lowest BCUT2D eigenvalue weighted by Gasteiger charge is -1.85. The highest BCUT2D eigenvalue weighted by molar-refractivity contribution is 9.10. The van der Waals surface area contributed by atoms with Gasteiger partial charge in [0.05, 0.1) is 9.35 Å². The van der Waals surface area contributed by atoms with Gasteiger partial charge in [-0.3, -0.25) is 0 Å². The maximum atomic E-state index is 12.7. The Morgan fingerprint density at radius 1 is 1.67 bits per heavy atom. The zero-order chi connectivity index (χ0) is 6.85. The Hall–Kier alpha value is 0.590. The molecule has 0 unspecified atom stereocenters. The van der Waals surface area contributed by atoms with Crippen LogP contribution in [0.5, 0.6) is 0 Å². The number of rotatable bonds is 1. The Labute approximate surface area is 73.3 Å². The smallest absolute Gasteiger partial charge is 0.152 e. The summed E-state index contributed by atoms with van der Waals surface area (Å²) in [7, 11) is 0. The van der Waals surface area contributed by atoms with Gasteiger partial charge in [0, 0.05) is 10.7 Å². The predicted molar refractivity (Wildman–Crippen MR) is 44.6 cm³/mol. The highest BCUT2D eigenvalue weighted by atomic mass is 79.9. The molecule has 0 radical (unpaired) electrons. The van der Waals surface area contributed by atoms with Gasteiger partial charge in [0.1, 0.15) is 0 Å². The summed E-state index contributed by atoms with van der Waals surface area (Å²) in [6, 6.07) is 0. The van der Waals surface area contributed by atoms with Crippen LogP contribution in [0.3, 0.4) is 0 Å². The van der Waals surface area contributed by atoms with Crippen LogP contribution in [0.15, 0.2) is 9.85 Å². The van der Waals surface area contributed by atoms with Crippen molar-refractivity contribution in [2.75, 3.05) is 0 Å². The van der Waals surface area contributed by atoms with Crippen molar-refractivity contribution >= 4 is 43.2 Å². The largest absolute Gasteiger partial charge is 0.204 e. The fourth-order valence-electron chi connectivity index (χ4n) is 0.450. The number of halogens is 3. The first kappa shape index (κ1) is 7.69. The van der Waals surface area contributed by atoms with Crippen molar-refractivity contribution < 1.29 is 4.39 Å². The molecular formula is C5H3Br2FS. The Morgan fingerprint density at radius 3 is 2.56 bits per heavy atom. The molecule has 0 aliphatic heterocycles. The summed E-state index contributed by atoms with van der Waals surface area (Å²) >= 11 is 7.65. The molecule has 1 aromatic heterocycles. The first-order valence-corrected chi connectivity index (χ1v) is 5.02. The summed E-state index contributed by atoms with van der Waals surface area (Å²) < 4.78 is 13.3. The van der Waals surface area contributed by atoms with Crippen LogP contribution >= 0.6 is 43.2 Å². The van der Waals surface area contributed by atoms with Crippen LogP contribution in [0.1, 0.15) is 4.88 Å². The van der Waals surface area contributed by atoms with Crippen molar-refractivity contribution in [2.24, 2.45) is 0 Å². The molecule has 9 heavy (non-hydrogen) atoms. The van der Waals surface area contributed by atoms with Crippen molar-refractivity contribution in [1.82, 2.24) is 0 Å². The summed E-state index contributed by atoms with van der Waals surface area (Å²) in [5, 5.41) is 2.33. The minimum atomic E-state index is -0.142. The van der Waals surface area contributed by atoms with Gasteiger partial charge in [0.15, 0.2) is 5.82 Å². The van der Waals surface area contributed by atoms with Crippen molar-refractivity contribution in [3.8, 4) is 0 Å². The zero-order valence-corrected chi connectivity index (χ0v) is 8.32. The molecule has 0 fully saturated rings. The third kappa shape index (κ3) is 1.53. The van der Waals surface area contributed by atoms with E-state index in [-0.39, 0.29) is 5.82 Å². The van der Waals surface area contributed by atoms with Crippen LogP contribution in [0.25, 0.3) is 0 Å². The van der Waals surface area contributed by atoms with E-state index in [0.717, 1.165) is 4.88 Å². The molecule has 0 aliphatic carbocycles. The molecule has 50 valence electrons. The van der Waals surface area contributed by atoms with E-state index < -0.39 is 0 Å². The third-order valence-corrected chi connectivity index (χ3v) is 3.65. The highest BCUT2D eigenvalue weighted by Gasteiger charge is 2.06. The minimum Gasteiger partial charge on any atom is -0.204 e. The van der Waals surface area contributed by atoms with Crippen molar-refractivity contribution in [3.05, 3.63) is 20.5 Å². The van der Waals surface area contributed by atoms with Gasteiger partial charge in [-0.15, -0.1) is 11.3 Å². The lowest BCUT2D eigenvalue weighted by molar-refractivity contribution is 0.618. The van der Waals surface area contributed by atoms with Crippen LogP contribution < -0.4 is 0 Å². The molecular weight excluding hydrogens is 271 g/mol. The molecule has 0 saturated heterocycles. The maximum Gasteiger partial charge on any atom is 0.152 e. The van der Waals surface area contributed by atoms with Gasteiger partial charge in [-0.1, -0.05) is 15.9 Å². The summed E-state index contributed by atoms with van der Waals surface area (Å²) in [6.07, 6.45) is 0. The molecule has 0 bridgehead atoms. The van der Waals surface area contributed by atoms with Gasteiger partial charge in [-0.2, -0.15) is 0 Å². The Morgan fingerprint density at radius 2 is 2.33 bits per heavy atom. The number of hydrogen-bond donors (Lipinski definition) is 0. The first-order chi connectivity index (χ1) is 4.25. The molecule has 0 atom stereocenters. The predicted octanol–water partition coefficient (Wildman–Crippen LogP) is 3.54. The van der Waals surface area contributed by atoms with Gasteiger partial charge >= 0.3 is 0 Å². The summed E-state index contributed by atoms with van der Waals surface area (Å²) in [5.41, 5.74) is 0. The lowest BCUT2D eigenvalue weighted by Crippen LogP contribution is -1.73. The molecule has 0 aliphatic rings. The van der Waals surface area contributed by atoms with E-state index in [9.17, 15) is 4.39 Å². The average molecular weight is 274 g/mol. The highest BCUT2D eigenvalue weighted by Crippen LogP contribution is 2.26. The normalized spacial score (nSPS) is 10.1. The topological polar surface area (TPSA) is 0 Å². The summed E-state index contributed by atoms with van der Waals surface area (Å²) in [6.45, 7) is 0. The molecule has 0 aromatic carbocycles. The molecule has 1 rings (SSSR count). The van der Waals surface area contributed by atoms with Crippen LogP contribution in [0.4, 0.5) is 4.39 Å². The van der Waals surface area contributed by atoms with Crippen LogP contribution in [-0.2, 0) is 5.33 Å². The molecule has 1 aromatic rings. The molecule has 1 heterocycles. The Bertz CT molecular complexity index is 209. The van der Waals surface area contributed by atoms with Crippen molar-refractivity contribution in [1.29, 1.82) is 0 Å². The van der Waals surface area contributed by atoms with Crippen LogP contribution in [-0.4, -0.2) is 0 Å². The molecule has 4 heteroatoms. The van der Waals surface area contributed by atoms with Gasteiger partial charge in [-0.05, 0) is 15.9 Å². The zero-order valence-electron chi connectivity index (χ0n) is 4.33. The standard InChI is InChI=1S/C5H3Br2FS/c6-1-4-5(8)3(7)2-9-4/h2H,1H2. The van der Waals surface area contributed by atoms with Gasteiger partial charge in [0.25, 0.3) is 0 Å². The second-order valence-electron chi connectivity index (χ2n) is 1.45. The average Bonchev–Trinajstić information content (AvgIpc) is 2.15. The van der Waals surface area contributed by atoms with Crippen molar-refractivity contribution in [2.45, 2.75) is 5.33 Å². The maximum absolute atomic E-state index is 12.7. The summed E-state index contributed by atoms with van der Waals surface area (Å²) in [4.78, 5) is 0.738. The SMILES string of the molecule is Fc1c(Br)csc1CBr. The Kier molecular flexibility index (Phi) is 2.67.